The molecule has 1 saturated carbocycles. The highest BCUT2D eigenvalue weighted by atomic mass is 35.5. The number of nitrogens with one attached hydrogen (secondary N) is 1. The first-order valence-corrected chi connectivity index (χ1v) is 9.86. The Labute approximate surface area is 160 Å². The van der Waals surface area contributed by atoms with Gasteiger partial charge in [-0.05, 0) is 38.0 Å². The van der Waals surface area contributed by atoms with Crippen molar-refractivity contribution in [3.63, 3.8) is 0 Å². The lowest BCUT2D eigenvalue weighted by Gasteiger charge is -2.18. The summed E-state index contributed by atoms with van der Waals surface area (Å²) in [7, 11) is 0. The zero-order valence-electron chi connectivity index (χ0n) is 13.8. The van der Waals surface area contributed by atoms with Crippen molar-refractivity contribution >= 4 is 45.6 Å². The smallest absolute Gasteiger partial charge is 0.266 e. The Morgan fingerprint density at radius 1 is 1.28 bits per heavy atom. The number of nitrogens with zero attached hydrogens (tertiary/aromatic N) is 2. The van der Waals surface area contributed by atoms with Crippen LogP contribution in [0.2, 0.25) is 10.0 Å². The fourth-order valence-corrected chi connectivity index (χ4v) is 4.19. The SMILES string of the molecule is C[C@@H](Oc1ccc(Cl)cc1Cl)C(=O)Nc1nnc(C2CCCCC2)s1. The summed E-state index contributed by atoms with van der Waals surface area (Å²) in [6.45, 7) is 1.66. The molecule has 0 aliphatic heterocycles. The predicted molar refractivity (Wildman–Crippen MR) is 101 cm³/mol. The number of halogens is 2. The molecule has 1 amide bonds. The lowest BCUT2D eigenvalue weighted by molar-refractivity contribution is -0.122. The van der Waals surface area contributed by atoms with E-state index in [1.165, 1.54) is 30.6 Å². The molecule has 1 aliphatic carbocycles. The number of rotatable bonds is 5. The molecule has 1 heterocycles. The van der Waals surface area contributed by atoms with Crippen molar-refractivity contribution in [2.24, 2.45) is 0 Å². The maximum Gasteiger partial charge on any atom is 0.266 e. The summed E-state index contributed by atoms with van der Waals surface area (Å²) < 4.78 is 5.61. The molecule has 1 aliphatic rings. The molecule has 2 aromatic rings. The van der Waals surface area contributed by atoms with E-state index in [0.717, 1.165) is 17.8 Å². The van der Waals surface area contributed by atoms with Gasteiger partial charge in [0.15, 0.2) is 6.10 Å². The standard InChI is InChI=1S/C17H19Cl2N3O2S/c1-10(24-14-8-7-12(18)9-13(14)19)15(23)20-17-22-21-16(25-17)11-5-3-2-4-6-11/h7-11H,2-6H2,1H3,(H,20,22,23)/t10-/m1/s1. The van der Waals surface area contributed by atoms with Gasteiger partial charge in [0.1, 0.15) is 10.8 Å². The molecular weight excluding hydrogens is 381 g/mol. The van der Waals surface area contributed by atoms with Gasteiger partial charge in [-0.3, -0.25) is 10.1 Å². The Morgan fingerprint density at radius 2 is 2.04 bits per heavy atom. The van der Waals surface area contributed by atoms with Crippen LogP contribution in [-0.4, -0.2) is 22.2 Å². The lowest BCUT2D eigenvalue weighted by Crippen LogP contribution is -2.30. The molecule has 0 radical (unpaired) electrons. The van der Waals surface area contributed by atoms with Crippen molar-refractivity contribution in [1.82, 2.24) is 10.2 Å². The summed E-state index contributed by atoms with van der Waals surface area (Å²) in [4.78, 5) is 12.3. The van der Waals surface area contributed by atoms with Gasteiger partial charge in [0, 0.05) is 10.9 Å². The van der Waals surface area contributed by atoms with E-state index in [1.54, 1.807) is 25.1 Å². The molecule has 1 N–H and O–H groups in total. The molecule has 5 nitrogen and oxygen atoms in total. The van der Waals surface area contributed by atoms with Crippen molar-refractivity contribution in [2.45, 2.75) is 51.0 Å². The summed E-state index contributed by atoms with van der Waals surface area (Å²) >= 11 is 13.4. The quantitative estimate of drug-likeness (QED) is 0.740. The number of ether oxygens (including phenoxy) is 1. The van der Waals surface area contributed by atoms with Crippen LogP contribution in [0.1, 0.15) is 50.0 Å². The maximum absolute atomic E-state index is 12.3. The van der Waals surface area contributed by atoms with E-state index in [2.05, 4.69) is 15.5 Å². The Kier molecular flexibility index (Phi) is 6.15. The Bertz CT molecular complexity index is 747. The van der Waals surface area contributed by atoms with E-state index in [0.29, 0.717) is 26.8 Å². The molecule has 134 valence electrons. The summed E-state index contributed by atoms with van der Waals surface area (Å²) in [6.07, 6.45) is 5.34. The van der Waals surface area contributed by atoms with E-state index in [9.17, 15) is 4.79 Å². The minimum Gasteiger partial charge on any atom is -0.479 e. The first-order valence-electron chi connectivity index (χ1n) is 8.29. The molecule has 1 aromatic carbocycles. The minimum absolute atomic E-state index is 0.294. The number of anilines is 1. The van der Waals surface area contributed by atoms with Crippen LogP contribution in [0.3, 0.4) is 0 Å². The van der Waals surface area contributed by atoms with E-state index in [-0.39, 0.29) is 5.91 Å². The highest BCUT2D eigenvalue weighted by Gasteiger charge is 2.22. The van der Waals surface area contributed by atoms with Crippen LogP contribution in [0.5, 0.6) is 5.75 Å². The second kappa shape index (κ2) is 8.34. The highest BCUT2D eigenvalue weighted by Crippen LogP contribution is 2.35. The van der Waals surface area contributed by atoms with Crippen LogP contribution in [0, 0.1) is 0 Å². The van der Waals surface area contributed by atoms with Gasteiger partial charge < -0.3 is 4.74 Å². The van der Waals surface area contributed by atoms with Gasteiger partial charge in [-0.25, -0.2) is 0 Å². The predicted octanol–water partition coefficient (Wildman–Crippen LogP) is 5.30. The fraction of sp³-hybridized carbons (Fsp3) is 0.471. The summed E-state index contributed by atoms with van der Waals surface area (Å²) in [5.41, 5.74) is 0. The normalized spacial score (nSPS) is 16.4. The van der Waals surface area contributed by atoms with E-state index >= 15 is 0 Å². The maximum atomic E-state index is 12.3. The van der Waals surface area contributed by atoms with Crippen LogP contribution < -0.4 is 10.1 Å². The monoisotopic (exact) mass is 399 g/mol. The average molecular weight is 400 g/mol. The second-order valence-electron chi connectivity index (χ2n) is 6.10. The van der Waals surface area contributed by atoms with Crippen LogP contribution in [0.25, 0.3) is 0 Å². The molecule has 0 saturated heterocycles. The number of hydrogen-bond donors (Lipinski definition) is 1. The Morgan fingerprint density at radius 3 is 2.76 bits per heavy atom. The first kappa shape index (κ1) is 18.4. The third-order valence-electron chi connectivity index (χ3n) is 4.19. The van der Waals surface area contributed by atoms with Crippen molar-refractivity contribution in [3.05, 3.63) is 33.3 Å². The van der Waals surface area contributed by atoms with Gasteiger partial charge >= 0.3 is 0 Å². The summed E-state index contributed by atoms with van der Waals surface area (Å²) in [5.74, 6) is 0.588. The Balaban J connectivity index is 1.58. The second-order valence-corrected chi connectivity index (χ2v) is 7.96. The number of carbonyl (C=O) groups is 1. The number of hydrogen-bond acceptors (Lipinski definition) is 5. The summed E-state index contributed by atoms with van der Waals surface area (Å²) in [5, 5.41) is 13.5. The third-order valence-corrected chi connectivity index (χ3v) is 5.72. The van der Waals surface area contributed by atoms with Gasteiger partial charge in [0.25, 0.3) is 5.91 Å². The van der Waals surface area contributed by atoms with Gasteiger partial charge in [-0.2, -0.15) is 0 Å². The van der Waals surface area contributed by atoms with Crippen LogP contribution >= 0.6 is 34.5 Å². The molecule has 0 unspecified atom stereocenters. The average Bonchev–Trinajstić information content (AvgIpc) is 3.06. The van der Waals surface area contributed by atoms with E-state index < -0.39 is 6.10 Å². The van der Waals surface area contributed by atoms with Crippen molar-refractivity contribution in [2.75, 3.05) is 5.32 Å². The molecule has 25 heavy (non-hydrogen) atoms. The molecule has 3 rings (SSSR count). The van der Waals surface area contributed by atoms with Crippen molar-refractivity contribution in [1.29, 1.82) is 0 Å². The fourth-order valence-electron chi connectivity index (χ4n) is 2.82. The number of amides is 1. The molecule has 8 heteroatoms. The van der Waals surface area contributed by atoms with Gasteiger partial charge in [-0.1, -0.05) is 53.8 Å². The van der Waals surface area contributed by atoms with E-state index in [1.807, 2.05) is 0 Å². The van der Waals surface area contributed by atoms with E-state index in [4.69, 9.17) is 27.9 Å². The molecule has 0 bridgehead atoms. The molecule has 1 aromatic heterocycles. The van der Waals surface area contributed by atoms with Crippen molar-refractivity contribution < 1.29 is 9.53 Å². The molecule has 1 atom stereocenters. The molecule has 0 spiro atoms. The topological polar surface area (TPSA) is 64.1 Å². The lowest BCUT2D eigenvalue weighted by atomic mass is 9.90. The highest BCUT2D eigenvalue weighted by molar-refractivity contribution is 7.15. The third kappa shape index (κ3) is 4.84. The number of benzene rings is 1. The Hall–Kier alpha value is -1.37. The van der Waals surface area contributed by atoms with Gasteiger partial charge in [0.05, 0.1) is 5.02 Å². The zero-order chi connectivity index (χ0) is 17.8. The minimum atomic E-state index is -0.722. The largest absolute Gasteiger partial charge is 0.479 e. The van der Waals surface area contributed by atoms with Crippen molar-refractivity contribution in [3.8, 4) is 5.75 Å². The first-order chi connectivity index (χ1) is 12.0. The molecular formula is C17H19Cl2N3O2S. The van der Waals surface area contributed by atoms with Gasteiger partial charge in [0.2, 0.25) is 5.13 Å². The number of carbonyl (C=O) groups excluding carboxylic acids is 1. The molecule has 1 fully saturated rings. The van der Waals surface area contributed by atoms with Crippen LogP contribution in [-0.2, 0) is 4.79 Å². The van der Waals surface area contributed by atoms with Crippen LogP contribution in [0.15, 0.2) is 18.2 Å². The van der Waals surface area contributed by atoms with Crippen LogP contribution in [0.4, 0.5) is 5.13 Å². The zero-order valence-corrected chi connectivity index (χ0v) is 16.1. The number of aromatic nitrogens is 2. The summed E-state index contributed by atoms with van der Waals surface area (Å²) in [6, 6.07) is 4.87. The van der Waals surface area contributed by atoms with Gasteiger partial charge in [-0.15, -0.1) is 10.2 Å².